The second-order valence-corrected chi connectivity index (χ2v) is 10.3. The van der Waals surface area contributed by atoms with Crippen LogP contribution in [0.5, 0.6) is 5.88 Å². The van der Waals surface area contributed by atoms with E-state index in [1.54, 1.807) is 6.20 Å². The monoisotopic (exact) mass is 518 g/mol. The Morgan fingerprint density at radius 2 is 1.74 bits per heavy atom. The second-order valence-electron chi connectivity index (χ2n) is 10.3. The van der Waals surface area contributed by atoms with Gasteiger partial charge in [-0.3, -0.25) is 4.79 Å². The summed E-state index contributed by atoms with van der Waals surface area (Å²) in [7, 11) is 0. The Balaban J connectivity index is 1.24. The largest absolute Gasteiger partial charge is 0.477 e. The number of ether oxygens (including phenoxy) is 2. The Morgan fingerprint density at radius 1 is 0.974 bits per heavy atom. The number of hydrogen-bond donors (Lipinski definition) is 3. The Kier molecular flexibility index (Phi) is 8.33. The first-order chi connectivity index (χ1) is 18.5. The van der Waals surface area contributed by atoms with Crippen molar-refractivity contribution in [2.75, 3.05) is 32.9 Å². The Morgan fingerprint density at radius 3 is 2.42 bits per heavy atom. The van der Waals surface area contributed by atoms with Crippen LogP contribution in [-0.4, -0.2) is 60.0 Å². The minimum Gasteiger partial charge on any atom is -0.477 e. The van der Waals surface area contributed by atoms with Crippen LogP contribution >= 0.6 is 0 Å². The lowest BCUT2D eigenvalue weighted by Gasteiger charge is -2.28. The number of benzene rings is 1. The number of aromatic nitrogens is 2. The van der Waals surface area contributed by atoms with Gasteiger partial charge in [-0.1, -0.05) is 18.2 Å². The summed E-state index contributed by atoms with van der Waals surface area (Å²) >= 11 is 0. The zero-order chi connectivity index (χ0) is 26.3. The summed E-state index contributed by atoms with van der Waals surface area (Å²) in [6.45, 7) is 3.21. The summed E-state index contributed by atoms with van der Waals surface area (Å²) < 4.78 is 11.2. The van der Waals surface area contributed by atoms with Gasteiger partial charge < -0.3 is 25.2 Å². The maximum Gasteiger partial charge on any atom is 0.404 e. The average Bonchev–Trinajstić information content (AvgIpc) is 3.48. The van der Waals surface area contributed by atoms with Crippen LogP contribution in [0.2, 0.25) is 0 Å². The van der Waals surface area contributed by atoms with Crippen LogP contribution < -0.4 is 15.4 Å². The molecule has 9 heteroatoms. The maximum atomic E-state index is 13.3. The van der Waals surface area contributed by atoms with Gasteiger partial charge in [0.15, 0.2) is 0 Å². The number of nitrogens with zero attached hydrogens (tertiary/aromatic N) is 2. The molecule has 200 valence electrons. The van der Waals surface area contributed by atoms with Gasteiger partial charge in [-0.25, -0.2) is 14.8 Å². The second kappa shape index (κ2) is 12.2. The fourth-order valence-corrected chi connectivity index (χ4v) is 5.25. The highest BCUT2D eigenvalue weighted by molar-refractivity contribution is 6.07. The molecule has 2 aromatic heterocycles. The van der Waals surface area contributed by atoms with E-state index in [-0.39, 0.29) is 5.91 Å². The number of para-hydroxylation sites is 1. The summed E-state index contributed by atoms with van der Waals surface area (Å²) in [6, 6.07) is 13.3. The third-order valence-corrected chi connectivity index (χ3v) is 7.54. The SMILES string of the molecule is O=C(O)NCC1CCC(CNC(=O)c2cc(-c3ccc(OCC4CCOC4)nc3)nc3ccccc23)CC1. The van der Waals surface area contributed by atoms with E-state index in [2.05, 4.69) is 15.6 Å². The summed E-state index contributed by atoms with van der Waals surface area (Å²) in [5.41, 5.74) is 2.84. The van der Waals surface area contributed by atoms with Gasteiger partial charge in [0.2, 0.25) is 5.88 Å². The van der Waals surface area contributed by atoms with E-state index in [1.165, 1.54) is 0 Å². The van der Waals surface area contributed by atoms with Crippen molar-refractivity contribution >= 4 is 22.9 Å². The Bertz CT molecular complexity index is 1250. The first-order valence-corrected chi connectivity index (χ1v) is 13.4. The van der Waals surface area contributed by atoms with Crippen molar-refractivity contribution in [1.29, 1.82) is 0 Å². The van der Waals surface area contributed by atoms with Gasteiger partial charge in [-0.2, -0.15) is 0 Å². The van der Waals surface area contributed by atoms with Crippen LogP contribution in [0, 0.1) is 17.8 Å². The number of carbonyl (C=O) groups is 2. The molecule has 1 aliphatic carbocycles. The quantitative estimate of drug-likeness (QED) is 0.381. The Hall–Kier alpha value is -3.72. The standard InChI is InChI=1S/C29H34N4O5/c34-28(31-14-19-5-7-20(8-6-19)15-32-29(35)36)24-13-26(33-25-4-2-1-3-23(24)25)22-9-10-27(30-16-22)38-18-21-11-12-37-17-21/h1-4,9-10,13,16,19-21,32H,5-8,11-12,14-15,17-18H2,(H,31,34)(H,35,36). The predicted octanol–water partition coefficient (Wildman–Crippen LogP) is 4.52. The molecule has 2 amide bonds. The molecule has 38 heavy (non-hydrogen) atoms. The van der Waals surface area contributed by atoms with Crippen molar-refractivity contribution in [3.05, 3.63) is 54.2 Å². The molecule has 1 atom stereocenters. The van der Waals surface area contributed by atoms with Crippen molar-refractivity contribution in [2.45, 2.75) is 32.1 Å². The molecule has 1 aliphatic heterocycles. The lowest BCUT2D eigenvalue weighted by molar-refractivity contribution is 0.0942. The zero-order valence-electron chi connectivity index (χ0n) is 21.4. The minimum absolute atomic E-state index is 0.119. The molecule has 0 bridgehead atoms. The lowest BCUT2D eigenvalue weighted by Crippen LogP contribution is -2.34. The number of pyridine rings is 2. The van der Waals surface area contributed by atoms with Crippen LogP contribution in [0.25, 0.3) is 22.2 Å². The highest BCUT2D eigenvalue weighted by Gasteiger charge is 2.23. The van der Waals surface area contributed by atoms with Crippen LogP contribution in [0.3, 0.4) is 0 Å². The van der Waals surface area contributed by atoms with Gasteiger partial charge in [-0.05, 0) is 62.1 Å². The van der Waals surface area contributed by atoms with Crippen LogP contribution in [-0.2, 0) is 4.74 Å². The van der Waals surface area contributed by atoms with E-state index in [1.807, 2.05) is 42.5 Å². The van der Waals surface area contributed by atoms with E-state index in [0.29, 0.717) is 54.6 Å². The molecule has 0 radical (unpaired) electrons. The van der Waals surface area contributed by atoms with Crippen LogP contribution in [0.15, 0.2) is 48.7 Å². The summed E-state index contributed by atoms with van der Waals surface area (Å²) in [5.74, 6) is 1.61. The number of hydrogen-bond acceptors (Lipinski definition) is 6. The topological polar surface area (TPSA) is 123 Å². The highest BCUT2D eigenvalue weighted by atomic mass is 16.5. The van der Waals surface area contributed by atoms with Gasteiger partial charge in [0.05, 0.1) is 30.0 Å². The van der Waals surface area contributed by atoms with E-state index in [4.69, 9.17) is 19.6 Å². The van der Waals surface area contributed by atoms with E-state index in [0.717, 1.165) is 61.8 Å². The van der Waals surface area contributed by atoms with E-state index >= 15 is 0 Å². The summed E-state index contributed by atoms with van der Waals surface area (Å²) in [6.07, 6.45) is 5.64. The van der Waals surface area contributed by atoms with Crippen LogP contribution in [0.4, 0.5) is 4.79 Å². The number of fused-ring (bicyclic) bond motifs is 1. The van der Waals surface area contributed by atoms with Crippen molar-refractivity contribution in [1.82, 2.24) is 20.6 Å². The highest BCUT2D eigenvalue weighted by Crippen LogP contribution is 2.29. The van der Waals surface area contributed by atoms with Gasteiger partial charge in [-0.15, -0.1) is 0 Å². The van der Waals surface area contributed by atoms with Gasteiger partial charge >= 0.3 is 6.09 Å². The first kappa shape index (κ1) is 25.9. The smallest absolute Gasteiger partial charge is 0.404 e. The normalized spacial score (nSPS) is 21.2. The van der Waals surface area contributed by atoms with Gasteiger partial charge in [0.25, 0.3) is 5.91 Å². The molecule has 1 aromatic carbocycles. The fourth-order valence-electron chi connectivity index (χ4n) is 5.25. The van der Waals surface area contributed by atoms with Crippen molar-refractivity contribution < 1.29 is 24.2 Å². The minimum atomic E-state index is -0.974. The summed E-state index contributed by atoms with van der Waals surface area (Å²) in [5, 5.41) is 15.2. The van der Waals surface area contributed by atoms with Gasteiger partial charge in [0.1, 0.15) is 0 Å². The number of carbonyl (C=O) groups excluding carboxylic acids is 1. The number of amides is 2. The molecule has 1 saturated heterocycles. The molecular weight excluding hydrogens is 484 g/mol. The van der Waals surface area contributed by atoms with Crippen molar-refractivity contribution in [2.24, 2.45) is 17.8 Å². The number of carboxylic acid groups (broad SMARTS) is 1. The van der Waals surface area contributed by atoms with Crippen molar-refractivity contribution in [3.63, 3.8) is 0 Å². The Labute approximate surface area is 222 Å². The fraction of sp³-hybridized carbons (Fsp3) is 0.448. The molecule has 5 rings (SSSR count). The molecular formula is C29H34N4O5. The maximum absolute atomic E-state index is 13.3. The third-order valence-electron chi connectivity index (χ3n) is 7.54. The number of rotatable bonds is 9. The first-order valence-electron chi connectivity index (χ1n) is 13.4. The molecule has 1 saturated carbocycles. The third kappa shape index (κ3) is 6.58. The molecule has 3 heterocycles. The van der Waals surface area contributed by atoms with Gasteiger partial charge in [0, 0.05) is 48.8 Å². The molecule has 3 N–H and O–H groups in total. The molecule has 2 fully saturated rings. The molecule has 0 spiro atoms. The molecule has 1 unspecified atom stereocenters. The lowest BCUT2D eigenvalue weighted by atomic mass is 9.82. The molecule has 3 aromatic rings. The predicted molar refractivity (Wildman–Crippen MR) is 143 cm³/mol. The average molecular weight is 519 g/mol. The van der Waals surface area contributed by atoms with E-state index in [9.17, 15) is 9.59 Å². The number of nitrogens with one attached hydrogen (secondary N) is 2. The summed E-state index contributed by atoms with van der Waals surface area (Å²) in [4.78, 5) is 33.3. The molecule has 2 aliphatic rings. The van der Waals surface area contributed by atoms with Crippen molar-refractivity contribution in [3.8, 4) is 17.1 Å². The van der Waals surface area contributed by atoms with Crippen LogP contribution in [0.1, 0.15) is 42.5 Å². The van der Waals surface area contributed by atoms with E-state index < -0.39 is 6.09 Å². The molecule has 9 nitrogen and oxygen atoms in total. The zero-order valence-corrected chi connectivity index (χ0v) is 21.4.